The third-order valence-electron chi connectivity index (χ3n) is 5.25. The lowest BCUT2D eigenvalue weighted by Crippen LogP contribution is -2.42. The molecule has 1 atom stereocenters. The van der Waals surface area contributed by atoms with Crippen molar-refractivity contribution in [3.8, 4) is 11.1 Å². The molecule has 0 spiro atoms. The van der Waals surface area contributed by atoms with Crippen LogP contribution in [0.25, 0.3) is 21.9 Å². The van der Waals surface area contributed by atoms with Gasteiger partial charge in [0.25, 0.3) is 11.6 Å². The number of amides is 1. The Kier molecular flexibility index (Phi) is 6.08. The van der Waals surface area contributed by atoms with Crippen LogP contribution in [0.2, 0.25) is 0 Å². The highest BCUT2D eigenvalue weighted by atomic mass is 16.6. The zero-order chi connectivity index (χ0) is 23.4. The SMILES string of the molecule is O=C(N[C@@H](Cc1ccc(-c2cccc([N+](=O)[O-])c2)cc1)C(=O)O)c1cc2ccccc2cn1. The number of nitrogens with zero attached hydrogens (tertiary/aromatic N) is 2. The van der Waals surface area contributed by atoms with Crippen molar-refractivity contribution in [3.05, 3.63) is 106 Å². The molecule has 1 aromatic heterocycles. The standard InChI is InChI=1S/C25H19N3O5/c29-24(22-14-19-4-1-2-5-20(19)15-26-22)27-23(25(30)31)12-16-8-10-17(11-9-16)18-6-3-7-21(13-18)28(32)33/h1-11,13-15,23H,12H2,(H,27,29)(H,30,31)/t23-/m0/s1. The highest BCUT2D eigenvalue weighted by molar-refractivity contribution is 5.98. The van der Waals surface area contributed by atoms with Crippen LogP contribution in [0, 0.1) is 10.1 Å². The molecule has 0 saturated carbocycles. The van der Waals surface area contributed by atoms with Crippen molar-refractivity contribution in [2.45, 2.75) is 12.5 Å². The van der Waals surface area contributed by atoms with Gasteiger partial charge < -0.3 is 10.4 Å². The molecule has 4 rings (SSSR count). The van der Waals surface area contributed by atoms with Crippen molar-refractivity contribution in [2.75, 3.05) is 0 Å². The van der Waals surface area contributed by atoms with E-state index in [4.69, 9.17) is 0 Å². The van der Waals surface area contributed by atoms with Gasteiger partial charge in [-0.05, 0) is 28.1 Å². The summed E-state index contributed by atoms with van der Waals surface area (Å²) in [7, 11) is 0. The van der Waals surface area contributed by atoms with E-state index in [2.05, 4.69) is 10.3 Å². The number of carbonyl (C=O) groups is 2. The fourth-order valence-corrected chi connectivity index (χ4v) is 3.51. The summed E-state index contributed by atoms with van der Waals surface area (Å²) in [6.07, 6.45) is 1.65. The van der Waals surface area contributed by atoms with E-state index >= 15 is 0 Å². The second-order valence-electron chi connectivity index (χ2n) is 7.49. The average Bonchev–Trinajstić information content (AvgIpc) is 2.83. The van der Waals surface area contributed by atoms with Gasteiger partial charge in [-0.15, -0.1) is 0 Å². The molecule has 1 amide bonds. The predicted octanol–water partition coefficient (Wildman–Crippen LogP) is 4.24. The summed E-state index contributed by atoms with van der Waals surface area (Å²) in [6, 6.07) is 21.2. The van der Waals surface area contributed by atoms with E-state index in [0.717, 1.165) is 16.3 Å². The number of benzene rings is 3. The molecule has 3 aromatic carbocycles. The van der Waals surface area contributed by atoms with Crippen LogP contribution in [0.1, 0.15) is 16.1 Å². The lowest BCUT2D eigenvalue weighted by molar-refractivity contribution is -0.384. The minimum Gasteiger partial charge on any atom is -0.480 e. The molecule has 0 aliphatic heterocycles. The maximum absolute atomic E-state index is 12.6. The number of nitrogens with one attached hydrogen (secondary N) is 1. The van der Waals surface area contributed by atoms with E-state index < -0.39 is 22.8 Å². The third kappa shape index (κ3) is 5.01. The Morgan fingerprint density at radius 3 is 2.36 bits per heavy atom. The van der Waals surface area contributed by atoms with Crippen molar-refractivity contribution >= 4 is 28.3 Å². The summed E-state index contributed by atoms with van der Waals surface area (Å²) >= 11 is 0. The highest BCUT2D eigenvalue weighted by Crippen LogP contribution is 2.24. The molecule has 164 valence electrons. The molecule has 8 heteroatoms. The number of hydrogen-bond donors (Lipinski definition) is 2. The van der Waals surface area contributed by atoms with Crippen molar-refractivity contribution in [1.29, 1.82) is 0 Å². The molecule has 0 fully saturated rings. The van der Waals surface area contributed by atoms with Gasteiger partial charge >= 0.3 is 5.97 Å². The van der Waals surface area contributed by atoms with Gasteiger partial charge in [-0.25, -0.2) is 4.79 Å². The minimum absolute atomic E-state index is 0.00692. The van der Waals surface area contributed by atoms with Crippen molar-refractivity contribution < 1.29 is 19.6 Å². The van der Waals surface area contributed by atoms with Crippen LogP contribution in [0.3, 0.4) is 0 Å². The Bertz CT molecular complexity index is 1350. The number of nitro groups is 1. The normalized spacial score (nSPS) is 11.6. The average molecular weight is 441 g/mol. The Morgan fingerprint density at radius 2 is 1.67 bits per heavy atom. The van der Waals surface area contributed by atoms with Crippen molar-refractivity contribution in [1.82, 2.24) is 10.3 Å². The fraction of sp³-hybridized carbons (Fsp3) is 0.0800. The number of carboxylic acid groups (broad SMARTS) is 1. The second-order valence-corrected chi connectivity index (χ2v) is 7.49. The van der Waals surface area contributed by atoms with E-state index in [1.807, 2.05) is 24.3 Å². The molecule has 33 heavy (non-hydrogen) atoms. The van der Waals surface area contributed by atoms with Crippen molar-refractivity contribution in [2.24, 2.45) is 0 Å². The first-order chi connectivity index (χ1) is 15.9. The molecule has 0 bridgehead atoms. The molecule has 8 nitrogen and oxygen atoms in total. The Morgan fingerprint density at radius 1 is 0.939 bits per heavy atom. The number of carbonyl (C=O) groups excluding carboxylic acids is 1. The summed E-state index contributed by atoms with van der Waals surface area (Å²) in [4.78, 5) is 39.1. The fourth-order valence-electron chi connectivity index (χ4n) is 3.51. The number of carboxylic acids is 1. The lowest BCUT2D eigenvalue weighted by Gasteiger charge is -2.15. The summed E-state index contributed by atoms with van der Waals surface area (Å²) < 4.78 is 0. The van der Waals surface area contributed by atoms with E-state index in [1.54, 1.807) is 48.7 Å². The third-order valence-corrected chi connectivity index (χ3v) is 5.25. The first kappa shape index (κ1) is 21.6. The molecule has 1 heterocycles. The summed E-state index contributed by atoms with van der Waals surface area (Å²) in [5, 5.41) is 24.9. The molecule has 0 saturated heterocycles. The monoisotopic (exact) mass is 441 g/mol. The van der Waals surface area contributed by atoms with Crippen LogP contribution in [0.5, 0.6) is 0 Å². The molecule has 4 aromatic rings. The first-order valence-electron chi connectivity index (χ1n) is 10.1. The van der Waals surface area contributed by atoms with E-state index in [-0.39, 0.29) is 17.8 Å². The Balaban J connectivity index is 1.48. The summed E-state index contributed by atoms with van der Waals surface area (Å²) in [6.45, 7) is 0. The largest absolute Gasteiger partial charge is 0.480 e. The van der Waals surface area contributed by atoms with Crippen LogP contribution < -0.4 is 5.32 Å². The van der Waals surface area contributed by atoms with Gasteiger partial charge in [0.15, 0.2) is 0 Å². The number of aromatic nitrogens is 1. The number of non-ortho nitro benzene ring substituents is 1. The Labute approximate surface area is 188 Å². The van der Waals surface area contributed by atoms with Crippen LogP contribution in [-0.4, -0.2) is 32.9 Å². The molecule has 0 radical (unpaired) electrons. The second kappa shape index (κ2) is 9.27. The molecular formula is C25H19N3O5. The molecule has 0 unspecified atom stereocenters. The number of rotatable bonds is 7. The van der Waals surface area contributed by atoms with Gasteiger partial charge in [-0.3, -0.25) is 19.9 Å². The quantitative estimate of drug-likeness (QED) is 0.327. The van der Waals surface area contributed by atoms with Gasteiger partial charge in [-0.1, -0.05) is 60.7 Å². The minimum atomic E-state index is -1.16. The van der Waals surface area contributed by atoms with Gasteiger partial charge in [-0.2, -0.15) is 0 Å². The smallest absolute Gasteiger partial charge is 0.326 e. The lowest BCUT2D eigenvalue weighted by atomic mass is 10.00. The van der Waals surface area contributed by atoms with E-state index in [0.29, 0.717) is 11.1 Å². The van der Waals surface area contributed by atoms with Gasteiger partial charge in [0.2, 0.25) is 0 Å². The van der Waals surface area contributed by atoms with Crippen LogP contribution in [0.15, 0.2) is 85.1 Å². The zero-order valence-electron chi connectivity index (χ0n) is 17.3. The summed E-state index contributed by atoms with van der Waals surface area (Å²) in [5.74, 6) is -1.73. The summed E-state index contributed by atoms with van der Waals surface area (Å²) in [5.41, 5.74) is 2.27. The number of fused-ring (bicyclic) bond motifs is 1. The van der Waals surface area contributed by atoms with Crippen LogP contribution in [0.4, 0.5) is 5.69 Å². The first-order valence-corrected chi connectivity index (χ1v) is 10.1. The van der Waals surface area contributed by atoms with E-state index in [1.165, 1.54) is 12.1 Å². The number of nitro benzene ring substituents is 1. The molecule has 0 aliphatic rings. The van der Waals surface area contributed by atoms with Crippen LogP contribution >= 0.6 is 0 Å². The van der Waals surface area contributed by atoms with Gasteiger partial charge in [0.1, 0.15) is 11.7 Å². The highest BCUT2D eigenvalue weighted by Gasteiger charge is 2.22. The number of pyridine rings is 1. The van der Waals surface area contributed by atoms with E-state index in [9.17, 15) is 24.8 Å². The topological polar surface area (TPSA) is 122 Å². The predicted molar refractivity (Wildman–Crippen MR) is 123 cm³/mol. The number of aliphatic carboxylic acids is 1. The van der Waals surface area contributed by atoms with Gasteiger partial charge in [0, 0.05) is 30.1 Å². The zero-order valence-corrected chi connectivity index (χ0v) is 17.3. The van der Waals surface area contributed by atoms with Gasteiger partial charge in [0.05, 0.1) is 4.92 Å². The maximum atomic E-state index is 12.6. The maximum Gasteiger partial charge on any atom is 0.326 e. The van der Waals surface area contributed by atoms with Crippen molar-refractivity contribution in [3.63, 3.8) is 0 Å². The molecular weight excluding hydrogens is 422 g/mol. The number of hydrogen-bond acceptors (Lipinski definition) is 5. The van der Waals surface area contributed by atoms with Crippen LogP contribution in [-0.2, 0) is 11.2 Å². The Hall–Kier alpha value is -4.59. The molecule has 2 N–H and O–H groups in total. The molecule has 0 aliphatic carbocycles.